The maximum atomic E-state index is 12.6. The summed E-state index contributed by atoms with van der Waals surface area (Å²) in [5, 5.41) is 18.0. The number of carbonyl (C=O) groups excluding carboxylic acids is 2. The Kier molecular flexibility index (Phi) is 6.20. The minimum atomic E-state index is -0.727. The lowest BCUT2D eigenvalue weighted by Crippen LogP contribution is -2.31. The minimum absolute atomic E-state index is 0.0841. The standard InChI is InChI=1S/C21H18N4O6/c1-13-11-18(26)19(23-24(13)16-5-3-4-6-17(16)25(29)30)20(27)22-12-14-7-9-15(10-8-14)21(28)31-2/h3-11H,12H2,1-2H3,(H,22,27). The van der Waals surface area contributed by atoms with Crippen LogP contribution in [0.1, 0.15) is 32.1 Å². The van der Waals surface area contributed by atoms with E-state index in [1.165, 1.54) is 36.1 Å². The Morgan fingerprint density at radius 3 is 2.48 bits per heavy atom. The van der Waals surface area contributed by atoms with Gasteiger partial charge < -0.3 is 10.1 Å². The molecule has 0 saturated heterocycles. The molecule has 31 heavy (non-hydrogen) atoms. The molecule has 10 heteroatoms. The summed E-state index contributed by atoms with van der Waals surface area (Å²) in [4.78, 5) is 47.1. The molecule has 1 heterocycles. The Bertz CT molecular complexity index is 1220. The number of aryl methyl sites for hydroxylation is 1. The van der Waals surface area contributed by atoms with Gasteiger partial charge in [-0.25, -0.2) is 9.48 Å². The van der Waals surface area contributed by atoms with Crippen molar-refractivity contribution in [3.05, 3.63) is 97.4 Å². The van der Waals surface area contributed by atoms with Crippen LogP contribution in [0.15, 0.2) is 59.4 Å². The van der Waals surface area contributed by atoms with Crippen molar-refractivity contribution in [2.45, 2.75) is 13.5 Å². The van der Waals surface area contributed by atoms with E-state index in [0.29, 0.717) is 16.8 Å². The number of amides is 1. The number of nitrogens with zero attached hydrogens (tertiary/aromatic N) is 3. The molecule has 0 aliphatic rings. The fourth-order valence-corrected chi connectivity index (χ4v) is 2.89. The van der Waals surface area contributed by atoms with E-state index in [2.05, 4.69) is 15.2 Å². The summed E-state index contributed by atoms with van der Waals surface area (Å²) >= 11 is 0. The number of rotatable bonds is 6. The van der Waals surface area contributed by atoms with Crippen molar-refractivity contribution in [2.24, 2.45) is 0 Å². The highest BCUT2D eigenvalue weighted by Gasteiger charge is 2.20. The number of carbonyl (C=O) groups is 2. The number of ether oxygens (including phenoxy) is 1. The summed E-state index contributed by atoms with van der Waals surface area (Å²) in [6, 6.07) is 13.5. The first-order valence-electron chi connectivity index (χ1n) is 9.12. The predicted molar refractivity (Wildman–Crippen MR) is 110 cm³/mol. The third-order valence-electron chi connectivity index (χ3n) is 4.46. The smallest absolute Gasteiger partial charge is 0.337 e. The van der Waals surface area contributed by atoms with E-state index in [1.54, 1.807) is 37.3 Å². The fourth-order valence-electron chi connectivity index (χ4n) is 2.89. The monoisotopic (exact) mass is 422 g/mol. The summed E-state index contributed by atoms with van der Waals surface area (Å²) in [6.07, 6.45) is 0. The zero-order valence-corrected chi connectivity index (χ0v) is 16.7. The van der Waals surface area contributed by atoms with E-state index in [4.69, 9.17) is 0 Å². The molecule has 0 aliphatic carbocycles. The first kappa shape index (κ1) is 21.4. The molecule has 1 aromatic heterocycles. The van der Waals surface area contributed by atoms with Crippen LogP contribution in [0.5, 0.6) is 0 Å². The molecule has 0 radical (unpaired) electrons. The lowest BCUT2D eigenvalue weighted by Gasteiger charge is -2.11. The Morgan fingerprint density at radius 2 is 1.84 bits per heavy atom. The Labute approximate surface area is 176 Å². The summed E-state index contributed by atoms with van der Waals surface area (Å²) in [5.74, 6) is -1.20. The first-order chi connectivity index (χ1) is 14.8. The van der Waals surface area contributed by atoms with Gasteiger partial charge in [0.15, 0.2) is 5.69 Å². The van der Waals surface area contributed by atoms with Crippen LogP contribution in [0.2, 0.25) is 0 Å². The minimum Gasteiger partial charge on any atom is -0.465 e. The Hall–Kier alpha value is -4.34. The van der Waals surface area contributed by atoms with Crippen molar-refractivity contribution in [3.63, 3.8) is 0 Å². The maximum Gasteiger partial charge on any atom is 0.337 e. The van der Waals surface area contributed by atoms with Crippen LogP contribution in [-0.4, -0.2) is 33.7 Å². The number of nitro groups is 1. The summed E-state index contributed by atoms with van der Waals surface area (Å²) in [7, 11) is 1.28. The van der Waals surface area contributed by atoms with Gasteiger partial charge in [-0.2, -0.15) is 5.10 Å². The van der Waals surface area contributed by atoms with Gasteiger partial charge in [0.1, 0.15) is 5.69 Å². The van der Waals surface area contributed by atoms with E-state index in [-0.39, 0.29) is 17.9 Å². The van der Waals surface area contributed by atoms with E-state index < -0.39 is 27.9 Å². The first-order valence-corrected chi connectivity index (χ1v) is 9.12. The number of benzene rings is 2. The molecule has 0 spiro atoms. The summed E-state index contributed by atoms with van der Waals surface area (Å²) < 4.78 is 5.82. The summed E-state index contributed by atoms with van der Waals surface area (Å²) in [5.41, 5.74) is 0.323. The van der Waals surface area contributed by atoms with Crippen LogP contribution in [0, 0.1) is 17.0 Å². The molecule has 3 rings (SSSR count). The number of para-hydroxylation sites is 2. The number of hydrogen-bond donors (Lipinski definition) is 1. The van der Waals surface area contributed by atoms with Crippen LogP contribution < -0.4 is 10.7 Å². The van der Waals surface area contributed by atoms with Gasteiger partial charge in [-0.15, -0.1) is 0 Å². The van der Waals surface area contributed by atoms with Crippen LogP contribution >= 0.6 is 0 Å². The molecule has 1 amide bonds. The predicted octanol–water partition coefficient (Wildman–Crippen LogP) is 2.17. The SMILES string of the molecule is COC(=O)c1ccc(CNC(=O)c2nn(-c3ccccc3[N+](=O)[O-])c(C)cc2=O)cc1. The molecule has 0 unspecified atom stereocenters. The van der Waals surface area contributed by atoms with Crippen LogP contribution in [0.25, 0.3) is 5.69 Å². The Balaban J connectivity index is 1.85. The lowest BCUT2D eigenvalue weighted by atomic mass is 10.1. The Morgan fingerprint density at radius 1 is 1.16 bits per heavy atom. The molecule has 0 aliphatic heterocycles. The molecule has 0 fully saturated rings. The highest BCUT2D eigenvalue weighted by Crippen LogP contribution is 2.22. The van der Waals surface area contributed by atoms with Crippen molar-refractivity contribution < 1.29 is 19.2 Å². The highest BCUT2D eigenvalue weighted by atomic mass is 16.6. The number of methoxy groups -OCH3 is 1. The average Bonchev–Trinajstić information content (AvgIpc) is 2.77. The van der Waals surface area contributed by atoms with Gasteiger partial charge in [-0.3, -0.25) is 19.7 Å². The molecule has 10 nitrogen and oxygen atoms in total. The zero-order chi connectivity index (χ0) is 22.5. The molecule has 0 atom stereocenters. The van der Waals surface area contributed by atoms with Crippen molar-refractivity contribution in [2.75, 3.05) is 7.11 Å². The molecule has 0 saturated carbocycles. The number of esters is 1. The highest BCUT2D eigenvalue weighted by molar-refractivity contribution is 5.92. The van der Waals surface area contributed by atoms with Gasteiger partial charge in [0, 0.05) is 24.4 Å². The van der Waals surface area contributed by atoms with Gasteiger partial charge in [-0.1, -0.05) is 24.3 Å². The molecule has 1 N–H and O–H groups in total. The lowest BCUT2D eigenvalue weighted by molar-refractivity contribution is -0.384. The average molecular weight is 422 g/mol. The second kappa shape index (κ2) is 8.99. The molecular weight excluding hydrogens is 404 g/mol. The number of hydrogen-bond acceptors (Lipinski definition) is 7. The van der Waals surface area contributed by atoms with Gasteiger partial charge in [-0.05, 0) is 30.7 Å². The second-order valence-electron chi connectivity index (χ2n) is 6.53. The zero-order valence-electron chi connectivity index (χ0n) is 16.7. The largest absolute Gasteiger partial charge is 0.465 e. The van der Waals surface area contributed by atoms with E-state index in [1.807, 2.05) is 0 Å². The van der Waals surface area contributed by atoms with E-state index in [0.717, 1.165) is 0 Å². The van der Waals surface area contributed by atoms with Crippen molar-refractivity contribution in [3.8, 4) is 5.69 Å². The number of nitrogens with one attached hydrogen (secondary N) is 1. The van der Waals surface area contributed by atoms with Gasteiger partial charge in [0.05, 0.1) is 17.6 Å². The molecule has 158 valence electrons. The van der Waals surface area contributed by atoms with Crippen molar-refractivity contribution >= 4 is 17.6 Å². The number of aromatic nitrogens is 2. The quantitative estimate of drug-likeness (QED) is 0.365. The topological polar surface area (TPSA) is 133 Å². The van der Waals surface area contributed by atoms with Crippen LogP contribution in [0.4, 0.5) is 5.69 Å². The third-order valence-corrected chi connectivity index (χ3v) is 4.46. The molecule has 0 bridgehead atoms. The van der Waals surface area contributed by atoms with E-state index >= 15 is 0 Å². The maximum absolute atomic E-state index is 12.6. The van der Waals surface area contributed by atoms with Crippen LogP contribution in [-0.2, 0) is 11.3 Å². The van der Waals surface area contributed by atoms with E-state index in [9.17, 15) is 24.5 Å². The van der Waals surface area contributed by atoms with Gasteiger partial charge in [0.25, 0.3) is 11.6 Å². The number of nitro benzene ring substituents is 1. The molecular formula is C21H18N4O6. The molecule has 3 aromatic rings. The van der Waals surface area contributed by atoms with Gasteiger partial charge >= 0.3 is 5.97 Å². The van der Waals surface area contributed by atoms with Gasteiger partial charge in [0.2, 0.25) is 5.43 Å². The van der Waals surface area contributed by atoms with Crippen molar-refractivity contribution in [1.82, 2.24) is 15.1 Å². The normalized spacial score (nSPS) is 10.4. The fraction of sp³-hybridized carbons (Fsp3) is 0.143. The van der Waals surface area contributed by atoms with Crippen molar-refractivity contribution in [1.29, 1.82) is 0 Å². The second-order valence-corrected chi connectivity index (χ2v) is 6.53. The van der Waals surface area contributed by atoms with Crippen LogP contribution in [0.3, 0.4) is 0 Å². The summed E-state index contributed by atoms with van der Waals surface area (Å²) in [6.45, 7) is 1.65. The molecule has 2 aromatic carbocycles. The third kappa shape index (κ3) is 4.64.